The van der Waals surface area contributed by atoms with Gasteiger partial charge in [-0.15, -0.1) is 0 Å². The second-order valence-corrected chi connectivity index (χ2v) is 8.67. The summed E-state index contributed by atoms with van der Waals surface area (Å²) in [6.45, 7) is 1.73. The summed E-state index contributed by atoms with van der Waals surface area (Å²) in [5.74, 6) is 1.15. The van der Waals surface area contributed by atoms with Crippen molar-refractivity contribution in [2.45, 2.75) is 19.7 Å². The van der Waals surface area contributed by atoms with Crippen LogP contribution >= 0.6 is 0 Å². The first-order valence-corrected chi connectivity index (χ1v) is 11.9. The molecule has 186 valence electrons. The van der Waals surface area contributed by atoms with Crippen molar-refractivity contribution < 1.29 is 19.1 Å². The number of amides is 2. The van der Waals surface area contributed by atoms with Crippen molar-refractivity contribution in [3.8, 4) is 11.5 Å². The minimum Gasteiger partial charge on any atom is -0.496 e. The number of nitrogens with one attached hydrogen (secondary N) is 2. The van der Waals surface area contributed by atoms with E-state index in [1.54, 1.807) is 36.3 Å². The van der Waals surface area contributed by atoms with Crippen LogP contribution in [0, 0.1) is 0 Å². The number of anilines is 3. The first-order chi connectivity index (χ1) is 18.0. The molecular weight excluding hydrogens is 466 g/mol. The van der Waals surface area contributed by atoms with Gasteiger partial charge in [0.15, 0.2) is 0 Å². The molecule has 1 atom stereocenters. The summed E-state index contributed by atoms with van der Waals surface area (Å²) in [5.41, 5.74) is 4.65. The number of nitrogens with zero attached hydrogens (tertiary/aromatic N) is 1. The van der Waals surface area contributed by atoms with Gasteiger partial charge in [0.1, 0.15) is 24.3 Å². The van der Waals surface area contributed by atoms with Gasteiger partial charge in [0.25, 0.3) is 5.91 Å². The molecule has 0 unspecified atom stereocenters. The Labute approximate surface area is 215 Å². The van der Waals surface area contributed by atoms with E-state index < -0.39 is 6.17 Å². The van der Waals surface area contributed by atoms with Crippen molar-refractivity contribution in [1.82, 2.24) is 0 Å². The molecule has 1 aliphatic heterocycles. The van der Waals surface area contributed by atoms with E-state index in [2.05, 4.69) is 10.6 Å². The highest BCUT2D eigenvalue weighted by atomic mass is 16.5. The number of fused-ring (bicyclic) bond motifs is 1. The molecule has 5 rings (SSSR count). The second-order valence-electron chi connectivity index (χ2n) is 8.67. The Morgan fingerprint density at radius 3 is 2.41 bits per heavy atom. The molecule has 1 heterocycles. The smallest absolute Gasteiger partial charge is 0.262 e. The summed E-state index contributed by atoms with van der Waals surface area (Å²) in [4.78, 5) is 26.7. The molecular formula is C30H27N3O4. The summed E-state index contributed by atoms with van der Waals surface area (Å²) < 4.78 is 11.6. The summed E-state index contributed by atoms with van der Waals surface area (Å²) in [5, 5.41) is 6.28. The van der Waals surface area contributed by atoms with Gasteiger partial charge >= 0.3 is 0 Å². The number of carbonyl (C=O) groups excluding carboxylic acids is 2. The van der Waals surface area contributed by atoms with Crippen LogP contribution in [0.5, 0.6) is 11.5 Å². The Hall–Kier alpha value is -4.78. The molecule has 2 N–H and O–H groups in total. The van der Waals surface area contributed by atoms with E-state index in [9.17, 15) is 9.59 Å². The van der Waals surface area contributed by atoms with Gasteiger partial charge in [0, 0.05) is 29.5 Å². The molecule has 1 aliphatic rings. The van der Waals surface area contributed by atoms with Crippen molar-refractivity contribution in [3.63, 3.8) is 0 Å². The average Bonchev–Trinajstić information content (AvgIpc) is 2.92. The quantitative estimate of drug-likeness (QED) is 0.330. The first-order valence-electron chi connectivity index (χ1n) is 11.9. The van der Waals surface area contributed by atoms with Crippen LogP contribution in [0.1, 0.15) is 34.6 Å². The SMILES string of the molecule is COc1ccc([C@H]2Nc3ccccc3C(=O)N2c2ccccc2)cc1COc1ccc(NC(C)=O)cc1. The van der Waals surface area contributed by atoms with Crippen LogP contribution in [0.2, 0.25) is 0 Å². The lowest BCUT2D eigenvalue weighted by Crippen LogP contribution is -2.43. The Bertz CT molecular complexity index is 1420. The molecule has 37 heavy (non-hydrogen) atoms. The highest BCUT2D eigenvalue weighted by Gasteiger charge is 2.34. The van der Waals surface area contributed by atoms with E-state index in [0.717, 1.165) is 22.5 Å². The third kappa shape index (κ3) is 5.11. The van der Waals surface area contributed by atoms with E-state index in [-0.39, 0.29) is 18.4 Å². The third-order valence-electron chi connectivity index (χ3n) is 6.15. The number of rotatable bonds is 7. The lowest BCUT2D eigenvalue weighted by molar-refractivity contribution is -0.114. The number of hydrogen-bond donors (Lipinski definition) is 2. The Kier molecular flexibility index (Phi) is 6.76. The fourth-order valence-corrected chi connectivity index (χ4v) is 4.42. The first kappa shape index (κ1) is 23.9. The van der Waals surface area contributed by atoms with Crippen LogP contribution < -0.4 is 25.0 Å². The molecule has 0 aromatic heterocycles. The van der Waals surface area contributed by atoms with E-state index in [4.69, 9.17) is 9.47 Å². The van der Waals surface area contributed by atoms with Crippen LogP contribution in [-0.2, 0) is 11.4 Å². The van der Waals surface area contributed by atoms with Gasteiger partial charge in [-0.05, 0) is 66.2 Å². The molecule has 4 aromatic carbocycles. The maximum atomic E-state index is 13.6. The highest BCUT2D eigenvalue weighted by molar-refractivity contribution is 6.12. The third-order valence-corrected chi connectivity index (χ3v) is 6.15. The van der Waals surface area contributed by atoms with Gasteiger partial charge in [0.2, 0.25) is 5.91 Å². The fraction of sp³-hybridized carbons (Fsp3) is 0.133. The largest absolute Gasteiger partial charge is 0.496 e. The molecule has 2 amide bonds. The Morgan fingerprint density at radius 2 is 1.68 bits per heavy atom. The van der Waals surface area contributed by atoms with E-state index in [1.807, 2.05) is 72.8 Å². The number of hydrogen-bond acceptors (Lipinski definition) is 5. The normalized spacial score (nSPS) is 14.4. The minimum absolute atomic E-state index is 0.0709. The van der Waals surface area contributed by atoms with Gasteiger partial charge in [-0.3, -0.25) is 14.5 Å². The van der Waals surface area contributed by atoms with Crippen molar-refractivity contribution in [1.29, 1.82) is 0 Å². The predicted molar refractivity (Wildman–Crippen MR) is 144 cm³/mol. The topological polar surface area (TPSA) is 79.9 Å². The molecule has 0 fully saturated rings. The maximum Gasteiger partial charge on any atom is 0.262 e. The maximum absolute atomic E-state index is 13.6. The van der Waals surface area contributed by atoms with E-state index in [0.29, 0.717) is 22.7 Å². The van der Waals surface area contributed by atoms with Crippen LogP contribution in [0.4, 0.5) is 17.1 Å². The summed E-state index contributed by atoms with van der Waals surface area (Å²) in [6, 6.07) is 30.2. The van der Waals surface area contributed by atoms with Crippen LogP contribution in [0.15, 0.2) is 97.1 Å². The van der Waals surface area contributed by atoms with Crippen LogP contribution in [-0.4, -0.2) is 18.9 Å². The molecule has 0 bridgehead atoms. The van der Waals surface area contributed by atoms with Crippen molar-refractivity contribution >= 4 is 28.9 Å². The molecule has 0 saturated carbocycles. The van der Waals surface area contributed by atoms with Crippen molar-refractivity contribution in [2.24, 2.45) is 0 Å². The zero-order chi connectivity index (χ0) is 25.8. The lowest BCUT2D eigenvalue weighted by Gasteiger charge is -2.38. The number of carbonyl (C=O) groups is 2. The zero-order valence-electron chi connectivity index (χ0n) is 20.6. The molecule has 4 aromatic rings. The molecule has 0 radical (unpaired) electrons. The van der Waals surface area contributed by atoms with Gasteiger partial charge in [-0.25, -0.2) is 0 Å². The fourth-order valence-electron chi connectivity index (χ4n) is 4.42. The zero-order valence-corrected chi connectivity index (χ0v) is 20.6. The Balaban J connectivity index is 1.45. The molecule has 0 spiro atoms. The number of benzene rings is 4. The average molecular weight is 494 g/mol. The number of para-hydroxylation sites is 2. The van der Waals surface area contributed by atoms with Crippen LogP contribution in [0.25, 0.3) is 0 Å². The molecule has 0 aliphatic carbocycles. The van der Waals surface area contributed by atoms with Gasteiger partial charge in [-0.2, -0.15) is 0 Å². The van der Waals surface area contributed by atoms with Gasteiger partial charge in [-0.1, -0.05) is 36.4 Å². The summed E-state index contributed by atoms with van der Waals surface area (Å²) >= 11 is 0. The van der Waals surface area contributed by atoms with E-state index in [1.165, 1.54) is 6.92 Å². The lowest BCUT2D eigenvalue weighted by atomic mass is 10.0. The van der Waals surface area contributed by atoms with Crippen molar-refractivity contribution in [2.75, 3.05) is 22.6 Å². The summed E-state index contributed by atoms with van der Waals surface area (Å²) in [6.07, 6.45) is -0.425. The molecule has 7 nitrogen and oxygen atoms in total. The molecule has 0 saturated heterocycles. The van der Waals surface area contributed by atoms with E-state index >= 15 is 0 Å². The highest BCUT2D eigenvalue weighted by Crippen LogP contribution is 2.37. The van der Waals surface area contributed by atoms with Crippen molar-refractivity contribution in [3.05, 3.63) is 114 Å². The minimum atomic E-state index is -0.425. The predicted octanol–water partition coefficient (Wildman–Crippen LogP) is 6.00. The monoisotopic (exact) mass is 493 g/mol. The van der Waals surface area contributed by atoms with Gasteiger partial charge in [0.05, 0.1) is 12.7 Å². The second kappa shape index (κ2) is 10.5. The van der Waals surface area contributed by atoms with Gasteiger partial charge < -0.3 is 20.1 Å². The number of ether oxygens (including phenoxy) is 2. The van der Waals surface area contributed by atoms with Crippen LogP contribution in [0.3, 0.4) is 0 Å². The Morgan fingerprint density at radius 1 is 0.946 bits per heavy atom. The number of methoxy groups -OCH3 is 1. The standard InChI is InChI=1S/C30H27N3O4/c1-20(34)31-23-13-15-25(16-14-23)37-19-22-18-21(12-17-28(22)36-2)29-32-27-11-7-6-10-26(27)30(35)33(29)24-8-4-3-5-9-24/h3-18,29,32H,19H2,1-2H3,(H,31,34)/t29-/m0/s1. The summed E-state index contributed by atoms with van der Waals surface area (Å²) in [7, 11) is 1.62. The molecule has 7 heteroatoms.